The van der Waals surface area contributed by atoms with E-state index in [0.29, 0.717) is 32.9 Å². The molecule has 0 aliphatic heterocycles. The van der Waals surface area contributed by atoms with Crippen LogP contribution in [0.2, 0.25) is 5.02 Å². The monoisotopic (exact) mass is 414 g/mol. The number of nitrogens with two attached hydrogens (primary N) is 1. The Morgan fingerprint density at radius 1 is 0.893 bits per heavy atom. The molecule has 8 heteroatoms. The molecule has 0 radical (unpaired) electrons. The number of halogens is 2. The molecule has 0 heterocycles. The van der Waals surface area contributed by atoms with Crippen LogP contribution in [0, 0.1) is 5.82 Å². The first-order chi connectivity index (χ1) is 13.4. The molecular weight excluding hydrogens is 399 g/mol. The summed E-state index contributed by atoms with van der Waals surface area (Å²) >= 11 is 11.2. The number of rotatable bonds is 4. The lowest BCUT2D eigenvalue weighted by atomic mass is 10.2. The highest BCUT2D eigenvalue weighted by atomic mass is 35.5. The molecule has 5 nitrogen and oxygen atoms in total. The Labute approximate surface area is 171 Å². The van der Waals surface area contributed by atoms with Crippen molar-refractivity contribution in [1.29, 1.82) is 0 Å². The van der Waals surface area contributed by atoms with Gasteiger partial charge in [-0.15, -0.1) is 0 Å². The summed E-state index contributed by atoms with van der Waals surface area (Å²) in [5, 5.41) is 9.51. The molecule has 0 unspecified atom stereocenters. The van der Waals surface area contributed by atoms with Crippen molar-refractivity contribution in [1.82, 2.24) is 0 Å². The number of benzene rings is 3. The summed E-state index contributed by atoms with van der Waals surface area (Å²) in [6.07, 6.45) is 0. The third-order valence-electron chi connectivity index (χ3n) is 3.70. The topological polar surface area (TPSA) is 79.2 Å². The average molecular weight is 415 g/mol. The molecule has 0 saturated heterocycles. The number of carbonyl (C=O) groups excluding carboxylic acids is 1. The maximum Gasteiger partial charge on any atom is 0.258 e. The van der Waals surface area contributed by atoms with Gasteiger partial charge in [0.05, 0.1) is 5.56 Å². The smallest absolute Gasteiger partial charge is 0.258 e. The summed E-state index contributed by atoms with van der Waals surface area (Å²) in [6.45, 7) is 0. The minimum absolute atomic E-state index is 0.0177. The molecule has 0 bridgehead atoms. The van der Waals surface area contributed by atoms with E-state index in [1.165, 1.54) is 18.2 Å². The minimum Gasteiger partial charge on any atom is -0.399 e. The number of anilines is 4. The maximum absolute atomic E-state index is 13.7. The van der Waals surface area contributed by atoms with Gasteiger partial charge in [-0.1, -0.05) is 23.7 Å². The zero-order valence-corrected chi connectivity index (χ0v) is 16.1. The largest absolute Gasteiger partial charge is 0.399 e. The minimum atomic E-state index is -0.573. The van der Waals surface area contributed by atoms with Gasteiger partial charge in [0.25, 0.3) is 5.91 Å². The van der Waals surface area contributed by atoms with Crippen LogP contribution in [0.5, 0.6) is 0 Å². The number of hydrogen-bond acceptors (Lipinski definition) is 3. The van der Waals surface area contributed by atoms with Crippen molar-refractivity contribution in [2.75, 3.05) is 21.7 Å². The molecule has 0 aliphatic carbocycles. The molecule has 3 aromatic carbocycles. The molecule has 0 aliphatic rings. The highest BCUT2D eigenvalue weighted by Gasteiger charge is 2.11. The van der Waals surface area contributed by atoms with Crippen LogP contribution in [0.1, 0.15) is 10.4 Å². The number of amides is 1. The fourth-order valence-electron chi connectivity index (χ4n) is 2.46. The van der Waals surface area contributed by atoms with Gasteiger partial charge in [0.1, 0.15) is 5.82 Å². The Hall–Kier alpha value is -3.16. The molecule has 5 N–H and O–H groups in total. The summed E-state index contributed by atoms with van der Waals surface area (Å²) < 4.78 is 13.7. The quantitative estimate of drug-likeness (QED) is 0.352. The summed E-state index contributed by atoms with van der Waals surface area (Å²) in [5.41, 5.74) is 8.15. The van der Waals surface area contributed by atoms with Gasteiger partial charge in [0, 0.05) is 27.8 Å². The summed E-state index contributed by atoms with van der Waals surface area (Å²) in [7, 11) is 0. The zero-order valence-electron chi connectivity index (χ0n) is 14.5. The maximum atomic E-state index is 13.7. The van der Waals surface area contributed by atoms with Crippen molar-refractivity contribution in [2.45, 2.75) is 0 Å². The Kier molecular flexibility index (Phi) is 6.08. The predicted octanol–water partition coefficient (Wildman–Crippen LogP) is 5.12. The van der Waals surface area contributed by atoms with Gasteiger partial charge < -0.3 is 21.7 Å². The van der Waals surface area contributed by atoms with E-state index < -0.39 is 11.7 Å². The van der Waals surface area contributed by atoms with Crippen LogP contribution in [-0.2, 0) is 0 Å². The van der Waals surface area contributed by atoms with Crippen molar-refractivity contribution in [3.8, 4) is 0 Å². The predicted molar refractivity (Wildman–Crippen MR) is 117 cm³/mol. The number of nitrogen functional groups attached to an aromatic ring is 1. The Morgan fingerprint density at radius 3 is 2.14 bits per heavy atom. The van der Waals surface area contributed by atoms with Crippen LogP contribution in [0.4, 0.5) is 27.1 Å². The SMILES string of the molecule is Nc1cc(Cl)cc(NC(=S)Nc2ccc(NC(=O)c3ccccc3F)cc2)c1. The lowest BCUT2D eigenvalue weighted by Gasteiger charge is -2.12. The summed E-state index contributed by atoms with van der Waals surface area (Å²) in [5.74, 6) is -1.09. The van der Waals surface area contributed by atoms with E-state index in [1.807, 2.05) is 0 Å². The van der Waals surface area contributed by atoms with E-state index in [4.69, 9.17) is 29.6 Å². The average Bonchev–Trinajstić information content (AvgIpc) is 2.62. The molecule has 3 rings (SSSR count). The third-order valence-corrected chi connectivity index (χ3v) is 4.12. The van der Waals surface area contributed by atoms with E-state index in [9.17, 15) is 9.18 Å². The van der Waals surface area contributed by atoms with Crippen molar-refractivity contribution in [2.24, 2.45) is 0 Å². The van der Waals surface area contributed by atoms with Gasteiger partial charge >= 0.3 is 0 Å². The second-order valence-electron chi connectivity index (χ2n) is 5.86. The number of nitrogens with one attached hydrogen (secondary N) is 3. The van der Waals surface area contributed by atoms with Gasteiger partial charge in [-0.3, -0.25) is 4.79 Å². The molecule has 0 spiro atoms. The molecular formula is C20H16ClFN4OS. The van der Waals surface area contributed by atoms with Crippen LogP contribution in [-0.4, -0.2) is 11.0 Å². The van der Waals surface area contributed by atoms with Gasteiger partial charge in [0.15, 0.2) is 5.11 Å². The van der Waals surface area contributed by atoms with Gasteiger partial charge in [-0.25, -0.2) is 4.39 Å². The van der Waals surface area contributed by atoms with E-state index in [-0.39, 0.29) is 5.56 Å². The Bertz CT molecular complexity index is 1010. The van der Waals surface area contributed by atoms with Crippen molar-refractivity contribution in [3.63, 3.8) is 0 Å². The highest BCUT2D eigenvalue weighted by molar-refractivity contribution is 7.80. The lowest BCUT2D eigenvalue weighted by Crippen LogP contribution is -2.19. The van der Waals surface area contributed by atoms with Crippen LogP contribution >= 0.6 is 23.8 Å². The van der Waals surface area contributed by atoms with E-state index in [0.717, 1.165) is 0 Å². The first kappa shape index (κ1) is 19.6. The van der Waals surface area contributed by atoms with E-state index >= 15 is 0 Å². The Balaban J connectivity index is 1.60. The first-order valence-corrected chi connectivity index (χ1v) is 8.99. The normalized spacial score (nSPS) is 10.2. The summed E-state index contributed by atoms with van der Waals surface area (Å²) in [4.78, 5) is 12.1. The molecule has 0 fully saturated rings. The standard InChI is InChI=1S/C20H16ClFN4OS/c21-12-9-13(23)11-16(10-12)26-20(28)25-15-7-5-14(6-8-15)24-19(27)17-3-1-2-4-18(17)22/h1-11H,23H2,(H,24,27)(H2,25,26,28). The zero-order chi connectivity index (χ0) is 20.1. The second-order valence-corrected chi connectivity index (χ2v) is 6.71. The molecule has 0 aromatic heterocycles. The van der Waals surface area contributed by atoms with Crippen molar-refractivity contribution >= 4 is 57.6 Å². The molecule has 0 atom stereocenters. The molecule has 142 valence electrons. The van der Waals surface area contributed by atoms with Gasteiger partial charge in [0.2, 0.25) is 0 Å². The van der Waals surface area contributed by atoms with Crippen molar-refractivity contribution < 1.29 is 9.18 Å². The van der Waals surface area contributed by atoms with Crippen LogP contribution in [0.15, 0.2) is 66.7 Å². The number of carbonyl (C=O) groups is 1. The highest BCUT2D eigenvalue weighted by Crippen LogP contribution is 2.21. The van der Waals surface area contributed by atoms with Crippen LogP contribution in [0.3, 0.4) is 0 Å². The van der Waals surface area contributed by atoms with Crippen LogP contribution < -0.4 is 21.7 Å². The van der Waals surface area contributed by atoms with E-state index in [1.54, 1.807) is 48.5 Å². The first-order valence-electron chi connectivity index (χ1n) is 8.21. The fraction of sp³-hybridized carbons (Fsp3) is 0. The Morgan fingerprint density at radius 2 is 1.50 bits per heavy atom. The molecule has 1 amide bonds. The van der Waals surface area contributed by atoms with E-state index in [2.05, 4.69) is 16.0 Å². The number of hydrogen-bond donors (Lipinski definition) is 4. The van der Waals surface area contributed by atoms with Gasteiger partial charge in [-0.05, 0) is 66.8 Å². The third kappa shape index (κ3) is 5.18. The fourth-order valence-corrected chi connectivity index (χ4v) is 2.94. The molecule has 0 saturated carbocycles. The molecule has 3 aromatic rings. The second kappa shape index (κ2) is 8.69. The lowest BCUT2D eigenvalue weighted by molar-refractivity contribution is 0.102. The molecule has 28 heavy (non-hydrogen) atoms. The van der Waals surface area contributed by atoms with Crippen molar-refractivity contribution in [3.05, 3.63) is 83.1 Å². The summed E-state index contributed by atoms with van der Waals surface area (Å²) in [6, 6.07) is 17.7. The number of thiocarbonyl (C=S) groups is 1. The van der Waals surface area contributed by atoms with Crippen LogP contribution in [0.25, 0.3) is 0 Å². The van der Waals surface area contributed by atoms with Gasteiger partial charge in [-0.2, -0.15) is 0 Å².